The standard InChI is InChI=1S/C25H24N4O4/c1-25(2,3)20-10-6-18(7-11-20)23(30)27-21-12-8-19(9-13-21)24(31)28-26-16-17-4-14-22(15-5-17)29(32)33/h4-16H,1-3H3,(H,27,30)(H,28,31)/b26-16+. The fourth-order valence-electron chi connectivity index (χ4n) is 2.94. The molecule has 2 amide bonds. The maximum atomic E-state index is 12.5. The fourth-order valence-corrected chi connectivity index (χ4v) is 2.94. The summed E-state index contributed by atoms with van der Waals surface area (Å²) in [5, 5.41) is 17.3. The van der Waals surface area contributed by atoms with Crippen molar-refractivity contribution in [2.45, 2.75) is 26.2 Å². The molecule has 8 heteroatoms. The molecule has 0 aliphatic carbocycles. The van der Waals surface area contributed by atoms with Crippen molar-refractivity contribution in [2.75, 3.05) is 5.32 Å². The number of nitrogens with one attached hydrogen (secondary N) is 2. The van der Waals surface area contributed by atoms with Gasteiger partial charge in [-0.1, -0.05) is 32.9 Å². The maximum absolute atomic E-state index is 12.5. The van der Waals surface area contributed by atoms with E-state index in [0.29, 0.717) is 22.4 Å². The average molecular weight is 444 g/mol. The number of carbonyl (C=O) groups is 2. The molecule has 0 spiro atoms. The number of hydrazone groups is 1. The quantitative estimate of drug-likeness (QED) is 0.319. The third-order valence-corrected chi connectivity index (χ3v) is 4.90. The average Bonchev–Trinajstić information content (AvgIpc) is 2.79. The summed E-state index contributed by atoms with van der Waals surface area (Å²) in [5.41, 5.74) is 5.61. The van der Waals surface area contributed by atoms with Gasteiger partial charge in [0.1, 0.15) is 0 Å². The third-order valence-electron chi connectivity index (χ3n) is 4.90. The molecule has 0 atom stereocenters. The van der Waals surface area contributed by atoms with Crippen LogP contribution >= 0.6 is 0 Å². The van der Waals surface area contributed by atoms with Gasteiger partial charge in [0.05, 0.1) is 11.1 Å². The van der Waals surface area contributed by atoms with E-state index in [1.807, 2.05) is 12.1 Å². The zero-order valence-electron chi connectivity index (χ0n) is 18.5. The predicted molar refractivity (Wildman–Crippen MR) is 128 cm³/mol. The topological polar surface area (TPSA) is 114 Å². The van der Waals surface area contributed by atoms with Gasteiger partial charge >= 0.3 is 0 Å². The zero-order valence-corrected chi connectivity index (χ0v) is 18.5. The lowest BCUT2D eigenvalue weighted by molar-refractivity contribution is -0.384. The highest BCUT2D eigenvalue weighted by Gasteiger charge is 2.14. The molecule has 3 aromatic rings. The largest absolute Gasteiger partial charge is 0.322 e. The molecule has 0 unspecified atom stereocenters. The summed E-state index contributed by atoms with van der Waals surface area (Å²) in [4.78, 5) is 34.9. The van der Waals surface area contributed by atoms with Gasteiger partial charge in [-0.05, 0) is 65.1 Å². The number of carbonyl (C=O) groups excluding carboxylic acids is 2. The number of amides is 2. The van der Waals surface area contributed by atoms with Gasteiger partial charge in [-0.2, -0.15) is 5.10 Å². The summed E-state index contributed by atoms with van der Waals surface area (Å²) in [6.45, 7) is 6.34. The minimum Gasteiger partial charge on any atom is -0.322 e. The van der Waals surface area contributed by atoms with E-state index >= 15 is 0 Å². The van der Waals surface area contributed by atoms with Gasteiger partial charge < -0.3 is 5.32 Å². The number of rotatable bonds is 6. The second-order valence-electron chi connectivity index (χ2n) is 8.41. The van der Waals surface area contributed by atoms with Crippen molar-refractivity contribution in [1.82, 2.24) is 5.43 Å². The third kappa shape index (κ3) is 6.33. The minimum atomic E-state index is -0.489. The van der Waals surface area contributed by atoms with Gasteiger partial charge in [-0.3, -0.25) is 19.7 Å². The first-order valence-corrected chi connectivity index (χ1v) is 10.2. The van der Waals surface area contributed by atoms with E-state index in [1.54, 1.807) is 36.4 Å². The highest BCUT2D eigenvalue weighted by molar-refractivity contribution is 6.04. The van der Waals surface area contributed by atoms with E-state index < -0.39 is 10.8 Å². The Morgan fingerprint density at radius 2 is 1.39 bits per heavy atom. The zero-order chi connectivity index (χ0) is 24.0. The SMILES string of the molecule is CC(C)(C)c1ccc(C(=O)Nc2ccc(C(=O)N/N=C/c3ccc([N+](=O)[O-])cc3)cc2)cc1. The van der Waals surface area contributed by atoms with Crippen LogP contribution in [0.2, 0.25) is 0 Å². The van der Waals surface area contributed by atoms with Gasteiger partial charge in [0, 0.05) is 28.9 Å². The van der Waals surface area contributed by atoms with Gasteiger partial charge in [-0.15, -0.1) is 0 Å². The number of nitro groups is 1. The first-order chi connectivity index (χ1) is 15.6. The molecule has 0 saturated heterocycles. The first kappa shape index (κ1) is 23.3. The van der Waals surface area contributed by atoms with E-state index in [9.17, 15) is 19.7 Å². The number of non-ortho nitro benzene ring substituents is 1. The minimum absolute atomic E-state index is 0.0112. The maximum Gasteiger partial charge on any atom is 0.271 e. The molecule has 0 bridgehead atoms. The Balaban J connectivity index is 1.56. The van der Waals surface area contributed by atoms with Crippen LogP contribution in [0.15, 0.2) is 77.9 Å². The van der Waals surface area contributed by atoms with Crippen molar-refractivity contribution in [2.24, 2.45) is 5.10 Å². The van der Waals surface area contributed by atoms with Gasteiger partial charge in [0.2, 0.25) is 0 Å². The van der Waals surface area contributed by atoms with Crippen LogP contribution in [0.1, 0.15) is 52.6 Å². The fraction of sp³-hybridized carbons (Fsp3) is 0.160. The molecule has 0 fully saturated rings. The van der Waals surface area contributed by atoms with Crippen LogP contribution in [0, 0.1) is 10.1 Å². The van der Waals surface area contributed by atoms with Crippen LogP contribution in [-0.2, 0) is 5.41 Å². The van der Waals surface area contributed by atoms with Crippen molar-refractivity contribution in [1.29, 1.82) is 0 Å². The molecule has 33 heavy (non-hydrogen) atoms. The van der Waals surface area contributed by atoms with Gasteiger partial charge in [-0.25, -0.2) is 5.43 Å². The van der Waals surface area contributed by atoms with E-state index in [2.05, 4.69) is 36.6 Å². The van der Waals surface area contributed by atoms with E-state index in [1.165, 1.54) is 30.5 Å². The Labute approximate surface area is 191 Å². The summed E-state index contributed by atoms with van der Waals surface area (Å²) >= 11 is 0. The van der Waals surface area contributed by atoms with E-state index in [4.69, 9.17) is 0 Å². The van der Waals surface area contributed by atoms with Crippen LogP contribution < -0.4 is 10.7 Å². The molecule has 0 heterocycles. The summed E-state index contributed by atoms with van der Waals surface area (Å²) in [7, 11) is 0. The number of hydrogen-bond donors (Lipinski definition) is 2. The lowest BCUT2D eigenvalue weighted by atomic mass is 9.87. The number of hydrogen-bond acceptors (Lipinski definition) is 5. The molecule has 0 aromatic heterocycles. The Kier molecular flexibility index (Phi) is 6.97. The highest BCUT2D eigenvalue weighted by atomic mass is 16.6. The van der Waals surface area contributed by atoms with Gasteiger partial charge in [0.15, 0.2) is 0 Å². The molecule has 0 aliphatic heterocycles. The second kappa shape index (κ2) is 9.86. The smallest absolute Gasteiger partial charge is 0.271 e. The predicted octanol–water partition coefficient (Wildman–Crippen LogP) is 4.91. The normalized spacial score (nSPS) is 11.2. The van der Waals surface area contributed by atoms with Crippen molar-refractivity contribution in [3.63, 3.8) is 0 Å². The Hall–Kier alpha value is -4.33. The van der Waals surface area contributed by atoms with Crippen LogP contribution in [0.5, 0.6) is 0 Å². The monoisotopic (exact) mass is 444 g/mol. The molecule has 3 rings (SSSR count). The first-order valence-electron chi connectivity index (χ1n) is 10.2. The van der Waals surface area contributed by atoms with Crippen LogP contribution in [0.3, 0.4) is 0 Å². The molecule has 0 aliphatic rings. The molecule has 8 nitrogen and oxygen atoms in total. The van der Waals surface area contributed by atoms with Crippen molar-refractivity contribution in [3.8, 4) is 0 Å². The molecule has 3 aromatic carbocycles. The van der Waals surface area contributed by atoms with Crippen molar-refractivity contribution >= 4 is 29.4 Å². The highest BCUT2D eigenvalue weighted by Crippen LogP contribution is 2.22. The number of benzene rings is 3. The number of anilines is 1. The van der Waals surface area contributed by atoms with Crippen LogP contribution in [0.25, 0.3) is 0 Å². The summed E-state index contributed by atoms with van der Waals surface area (Å²) in [6.07, 6.45) is 1.39. The van der Waals surface area contributed by atoms with Crippen LogP contribution in [-0.4, -0.2) is 23.0 Å². The Morgan fingerprint density at radius 3 is 1.94 bits per heavy atom. The molecular weight excluding hydrogens is 420 g/mol. The van der Waals surface area contributed by atoms with E-state index in [-0.39, 0.29) is 17.0 Å². The van der Waals surface area contributed by atoms with Crippen LogP contribution in [0.4, 0.5) is 11.4 Å². The molecular formula is C25H24N4O4. The Bertz CT molecular complexity index is 1180. The summed E-state index contributed by atoms with van der Waals surface area (Å²) < 4.78 is 0. The summed E-state index contributed by atoms with van der Waals surface area (Å²) in [6, 6.07) is 19.7. The molecule has 168 valence electrons. The van der Waals surface area contributed by atoms with E-state index in [0.717, 1.165) is 5.56 Å². The Morgan fingerprint density at radius 1 is 0.848 bits per heavy atom. The van der Waals surface area contributed by atoms with Crippen molar-refractivity contribution in [3.05, 3.63) is 105 Å². The van der Waals surface area contributed by atoms with Crippen molar-refractivity contribution < 1.29 is 14.5 Å². The molecule has 0 radical (unpaired) electrons. The molecule has 0 saturated carbocycles. The lowest BCUT2D eigenvalue weighted by Gasteiger charge is -2.19. The van der Waals surface area contributed by atoms with Gasteiger partial charge in [0.25, 0.3) is 17.5 Å². The number of nitro benzene ring substituents is 1. The second-order valence-corrected chi connectivity index (χ2v) is 8.41. The molecule has 2 N–H and O–H groups in total. The number of nitrogens with zero attached hydrogens (tertiary/aromatic N) is 2. The summed E-state index contributed by atoms with van der Waals surface area (Å²) in [5.74, 6) is -0.663. The lowest BCUT2D eigenvalue weighted by Crippen LogP contribution is -2.18.